The van der Waals surface area contributed by atoms with E-state index in [1.54, 1.807) is 11.3 Å². The minimum absolute atomic E-state index is 0.0780. The fourth-order valence-corrected chi connectivity index (χ4v) is 3.82. The van der Waals surface area contributed by atoms with Crippen molar-refractivity contribution >= 4 is 17.2 Å². The van der Waals surface area contributed by atoms with E-state index in [0.29, 0.717) is 0 Å². The second kappa shape index (κ2) is 7.62. The largest absolute Gasteiger partial charge is 0.339 e. The molecule has 1 amide bonds. The smallest absolute Gasteiger partial charge is 0.253 e. The monoisotopic (exact) mass is 350 g/mol. The van der Waals surface area contributed by atoms with Crippen molar-refractivity contribution in [1.82, 2.24) is 9.88 Å². The summed E-state index contributed by atoms with van der Waals surface area (Å²) in [6, 6.07) is 18.1. The minimum atomic E-state index is 0.0780. The van der Waals surface area contributed by atoms with Gasteiger partial charge in [-0.15, -0.1) is 11.3 Å². The van der Waals surface area contributed by atoms with E-state index < -0.39 is 0 Å². The van der Waals surface area contributed by atoms with Gasteiger partial charge < -0.3 is 4.90 Å². The lowest BCUT2D eigenvalue weighted by Gasteiger charge is -2.18. The van der Waals surface area contributed by atoms with Crippen LogP contribution in [0.4, 0.5) is 0 Å². The first-order valence-corrected chi connectivity index (χ1v) is 9.38. The van der Waals surface area contributed by atoms with E-state index in [2.05, 4.69) is 12.1 Å². The van der Waals surface area contributed by atoms with Gasteiger partial charge in [0.25, 0.3) is 5.91 Å². The number of rotatable bonds is 5. The molecule has 0 aliphatic rings. The van der Waals surface area contributed by atoms with Gasteiger partial charge in [-0.25, -0.2) is 4.98 Å². The van der Waals surface area contributed by atoms with E-state index in [1.165, 1.54) is 10.4 Å². The number of amides is 1. The van der Waals surface area contributed by atoms with Gasteiger partial charge in [0, 0.05) is 24.2 Å². The minimum Gasteiger partial charge on any atom is -0.339 e. The summed E-state index contributed by atoms with van der Waals surface area (Å²) in [4.78, 5) is 20.2. The Kier molecular flexibility index (Phi) is 5.29. The van der Waals surface area contributed by atoms with Gasteiger partial charge in [0.05, 0.1) is 15.6 Å². The molecule has 3 rings (SSSR count). The van der Waals surface area contributed by atoms with Crippen molar-refractivity contribution in [1.29, 1.82) is 0 Å². The molecule has 0 aliphatic heterocycles. The Balaban J connectivity index is 1.95. The fraction of sp³-hybridized carbons (Fsp3) is 0.238. The summed E-state index contributed by atoms with van der Waals surface area (Å²) in [5, 5.41) is 1.04. The van der Waals surface area contributed by atoms with E-state index in [-0.39, 0.29) is 5.91 Å². The SMILES string of the molecule is CCN(CC)C(=O)c1ccc(-c2nc(C)sc2-c2ccccc2)cc1. The van der Waals surface area contributed by atoms with Crippen LogP contribution in [0.3, 0.4) is 0 Å². The number of aryl methyl sites for hydroxylation is 1. The molecule has 1 heterocycles. The molecule has 0 N–H and O–H groups in total. The molecule has 1 aromatic heterocycles. The van der Waals surface area contributed by atoms with E-state index in [0.717, 1.165) is 34.9 Å². The predicted octanol–water partition coefficient (Wildman–Crippen LogP) is 5.27. The first-order valence-electron chi connectivity index (χ1n) is 8.56. The van der Waals surface area contributed by atoms with Crippen molar-refractivity contribution in [3.8, 4) is 21.7 Å². The molecule has 0 saturated heterocycles. The van der Waals surface area contributed by atoms with Gasteiger partial charge in [-0.05, 0) is 38.5 Å². The second-order valence-corrected chi connectivity index (χ2v) is 7.03. The van der Waals surface area contributed by atoms with Crippen molar-refractivity contribution < 1.29 is 4.79 Å². The molecule has 0 radical (unpaired) electrons. The van der Waals surface area contributed by atoms with Crippen LogP contribution >= 0.6 is 11.3 Å². The number of nitrogens with zero attached hydrogens (tertiary/aromatic N) is 2. The fourth-order valence-electron chi connectivity index (χ4n) is 2.87. The first-order chi connectivity index (χ1) is 12.1. The molecule has 25 heavy (non-hydrogen) atoms. The van der Waals surface area contributed by atoms with Crippen molar-refractivity contribution in [2.75, 3.05) is 13.1 Å². The predicted molar refractivity (Wildman–Crippen MR) is 105 cm³/mol. The topological polar surface area (TPSA) is 33.2 Å². The molecule has 2 aromatic carbocycles. The van der Waals surface area contributed by atoms with E-state index >= 15 is 0 Å². The van der Waals surface area contributed by atoms with Gasteiger partial charge in [-0.3, -0.25) is 4.79 Å². The van der Waals surface area contributed by atoms with Crippen molar-refractivity contribution in [2.24, 2.45) is 0 Å². The third-order valence-corrected chi connectivity index (χ3v) is 5.25. The third kappa shape index (κ3) is 3.64. The molecule has 128 valence electrons. The molecule has 0 bridgehead atoms. The van der Waals surface area contributed by atoms with Gasteiger partial charge in [0.15, 0.2) is 0 Å². The summed E-state index contributed by atoms with van der Waals surface area (Å²) < 4.78 is 0. The molecule has 0 fully saturated rings. The Labute approximate surface area is 153 Å². The number of benzene rings is 2. The van der Waals surface area contributed by atoms with Crippen LogP contribution in [0.5, 0.6) is 0 Å². The van der Waals surface area contributed by atoms with E-state index in [4.69, 9.17) is 4.98 Å². The molecule has 4 heteroatoms. The lowest BCUT2D eigenvalue weighted by molar-refractivity contribution is 0.0773. The summed E-state index contributed by atoms with van der Waals surface area (Å²) in [6.07, 6.45) is 0. The van der Waals surface area contributed by atoms with Crippen LogP contribution in [0.25, 0.3) is 21.7 Å². The summed E-state index contributed by atoms with van der Waals surface area (Å²) in [5.74, 6) is 0.0780. The molecule has 3 nitrogen and oxygen atoms in total. The van der Waals surface area contributed by atoms with Crippen molar-refractivity contribution in [2.45, 2.75) is 20.8 Å². The highest BCUT2D eigenvalue weighted by Gasteiger charge is 2.15. The van der Waals surface area contributed by atoms with Gasteiger partial charge in [-0.1, -0.05) is 42.5 Å². The number of aromatic nitrogens is 1. The molecule has 0 spiro atoms. The zero-order valence-electron chi connectivity index (χ0n) is 14.8. The molecular weight excluding hydrogens is 328 g/mol. The van der Waals surface area contributed by atoms with Crippen LogP contribution in [0.15, 0.2) is 54.6 Å². The normalized spacial score (nSPS) is 10.7. The number of hydrogen-bond donors (Lipinski definition) is 0. The van der Waals surface area contributed by atoms with E-state index in [9.17, 15) is 4.79 Å². The Morgan fingerprint density at radius 1 is 0.960 bits per heavy atom. The van der Waals surface area contributed by atoms with Gasteiger partial charge >= 0.3 is 0 Å². The summed E-state index contributed by atoms with van der Waals surface area (Å²) >= 11 is 1.70. The highest BCUT2D eigenvalue weighted by Crippen LogP contribution is 2.36. The quantitative estimate of drug-likeness (QED) is 0.628. The van der Waals surface area contributed by atoms with Crippen molar-refractivity contribution in [3.63, 3.8) is 0 Å². The van der Waals surface area contributed by atoms with Crippen LogP contribution in [0.2, 0.25) is 0 Å². The lowest BCUT2D eigenvalue weighted by atomic mass is 10.0. The van der Waals surface area contributed by atoms with Crippen molar-refractivity contribution in [3.05, 3.63) is 65.2 Å². The Morgan fingerprint density at radius 3 is 2.20 bits per heavy atom. The standard InChI is InChI=1S/C21H22N2OS/c1-4-23(5-2)21(24)18-13-11-16(12-14-18)19-20(25-15(3)22-19)17-9-7-6-8-10-17/h6-14H,4-5H2,1-3H3. The molecule has 0 aliphatic carbocycles. The van der Waals surface area contributed by atoms with Crippen LogP contribution in [0.1, 0.15) is 29.2 Å². The molecular formula is C21H22N2OS. The number of carbonyl (C=O) groups is 1. The zero-order chi connectivity index (χ0) is 17.8. The number of hydrogen-bond acceptors (Lipinski definition) is 3. The van der Waals surface area contributed by atoms with Gasteiger partial charge in [0.2, 0.25) is 0 Å². The molecule has 0 atom stereocenters. The summed E-state index contributed by atoms with van der Waals surface area (Å²) in [7, 11) is 0. The first kappa shape index (κ1) is 17.4. The second-order valence-electron chi connectivity index (χ2n) is 5.83. The Morgan fingerprint density at radius 2 is 1.60 bits per heavy atom. The average molecular weight is 350 g/mol. The Bertz CT molecular complexity index is 849. The third-order valence-electron chi connectivity index (χ3n) is 4.23. The summed E-state index contributed by atoms with van der Waals surface area (Å²) in [6.45, 7) is 7.47. The van der Waals surface area contributed by atoms with Gasteiger partial charge in [-0.2, -0.15) is 0 Å². The maximum absolute atomic E-state index is 12.5. The summed E-state index contributed by atoms with van der Waals surface area (Å²) in [5.41, 5.74) is 3.92. The molecule has 0 unspecified atom stereocenters. The lowest BCUT2D eigenvalue weighted by Crippen LogP contribution is -2.30. The number of carbonyl (C=O) groups excluding carboxylic acids is 1. The highest BCUT2D eigenvalue weighted by molar-refractivity contribution is 7.15. The maximum atomic E-state index is 12.5. The van der Waals surface area contributed by atoms with E-state index in [1.807, 2.05) is 68.1 Å². The van der Waals surface area contributed by atoms with Gasteiger partial charge in [0.1, 0.15) is 0 Å². The van der Waals surface area contributed by atoms with Crippen LogP contribution < -0.4 is 0 Å². The zero-order valence-corrected chi connectivity index (χ0v) is 15.6. The number of thiazole rings is 1. The van der Waals surface area contributed by atoms with Crippen LogP contribution in [0, 0.1) is 6.92 Å². The molecule has 0 saturated carbocycles. The van der Waals surface area contributed by atoms with Crippen LogP contribution in [-0.4, -0.2) is 28.9 Å². The highest BCUT2D eigenvalue weighted by atomic mass is 32.1. The maximum Gasteiger partial charge on any atom is 0.253 e. The van der Waals surface area contributed by atoms with Crippen LogP contribution in [-0.2, 0) is 0 Å². The average Bonchev–Trinajstić information content (AvgIpc) is 3.05. The Hall–Kier alpha value is -2.46. The molecule has 3 aromatic rings.